The summed E-state index contributed by atoms with van der Waals surface area (Å²) in [6.07, 6.45) is 0.905. The number of benzene rings is 1. The first-order chi connectivity index (χ1) is 7.22. The number of ether oxygens (including phenoxy) is 2. The summed E-state index contributed by atoms with van der Waals surface area (Å²) in [5.41, 5.74) is 1.11. The van der Waals surface area contributed by atoms with E-state index in [1.54, 1.807) is 6.07 Å². The van der Waals surface area contributed by atoms with E-state index in [2.05, 4.69) is 0 Å². The third kappa shape index (κ3) is 2.22. The van der Waals surface area contributed by atoms with E-state index in [0.29, 0.717) is 29.0 Å². The van der Waals surface area contributed by atoms with Gasteiger partial charge in [0, 0.05) is 13.0 Å². The van der Waals surface area contributed by atoms with Gasteiger partial charge in [0.25, 0.3) is 0 Å². The van der Waals surface area contributed by atoms with Crippen molar-refractivity contribution < 1.29 is 9.47 Å². The third-order valence-electron chi connectivity index (χ3n) is 2.37. The van der Waals surface area contributed by atoms with Crippen LogP contribution >= 0.6 is 23.2 Å². The van der Waals surface area contributed by atoms with Gasteiger partial charge >= 0.3 is 0 Å². The topological polar surface area (TPSA) is 18.5 Å². The Balaban J connectivity index is 2.13. The van der Waals surface area contributed by atoms with Gasteiger partial charge in [-0.15, -0.1) is 0 Å². The van der Waals surface area contributed by atoms with E-state index >= 15 is 0 Å². The highest BCUT2D eigenvalue weighted by atomic mass is 35.5. The number of hydrogen-bond acceptors (Lipinski definition) is 2. The Labute approximate surface area is 99.1 Å². The van der Waals surface area contributed by atoms with Gasteiger partial charge in [-0.2, -0.15) is 0 Å². The average molecular weight is 247 g/mol. The van der Waals surface area contributed by atoms with Crippen LogP contribution in [0, 0.1) is 0 Å². The molecule has 1 unspecified atom stereocenters. The smallest absolute Gasteiger partial charge is 0.143 e. The van der Waals surface area contributed by atoms with Crippen molar-refractivity contribution in [3.8, 4) is 5.75 Å². The van der Waals surface area contributed by atoms with E-state index in [1.807, 2.05) is 13.0 Å². The molecule has 1 aliphatic heterocycles. The predicted molar refractivity (Wildman–Crippen MR) is 61.1 cm³/mol. The summed E-state index contributed by atoms with van der Waals surface area (Å²) in [7, 11) is 0. The van der Waals surface area contributed by atoms with Crippen molar-refractivity contribution in [2.75, 3.05) is 13.2 Å². The van der Waals surface area contributed by atoms with Crippen molar-refractivity contribution in [3.05, 3.63) is 27.7 Å². The first kappa shape index (κ1) is 11.1. The number of hydrogen-bond donors (Lipinski definition) is 0. The minimum absolute atomic E-state index is 0.0657. The molecule has 0 amide bonds. The van der Waals surface area contributed by atoms with Crippen LogP contribution in [0.15, 0.2) is 12.1 Å². The lowest BCUT2D eigenvalue weighted by Gasteiger charge is -2.10. The predicted octanol–water partition coefficient (Wildman–Crippen LogP) is 3.33. The molecule has 0 aliphatic carbocycles. The fourth-order valence-electron chi connectivity index (χ4n) is 1.66. The molecule has 2 rings (SSSR count). The summed E-state index contributed by atoms with van der Waals surface area (Å²) in [5, 5.41) is 1.04. The second kappa shape index (κ2) is 4.60. The van der Waals surface area contributed by atoms with Crippen LogP contribution < -0.4 is 4.74 Å². The zero-order chi connectivity index (χ0) is 10.8. The van der Waals surface area contributed by atoms with Crippen molar-refractivity contribution >= 4 is 23.2 Å². The normalized spacial score (nSPS) is 18.7. The molecule has 1 aromatic carbocycles. The Hall–Kier alpha value is -0.440. The first-order valence-electron chi connectivity index (χ1n) is 4.93. The number of rotatable bonds is 3. The van der Waals surface area contributed by atoms with Gasteiger partial charge in [0.15, 0.2) is 0 Å². The lowest BCUT2D eigenvalue weighted by molar-refractivity contribution is 0.0679. The highest BCUT2D eigenvalue weighted by Crippen LogP contribution is 2.40. The monoisotopic (exact) mass is 246 g/mol. The van der Waals surface area contributed by atoms with E-state index in [-0.39, 0.29) is 6.10 Å². The van der Waals surface area contributed by atoms with Crippen LogP contribution in [0.3, 0.4) is 0 Å². The van der Waals surface area contributed by atoms with E-state index in [4.69, 9.17) is 32.7 Å². The maximum atomic E-state index is 6.04. The molecule has 0 saturated carbocycles. The summed E-state index contributed by atoms with van der Waals surface area (Å²) in [6, 6.07) is 3.75. The van der Waals surface area contributed by atoms with Gasteiger partial charge < -0.3 is 9.47 Å². The van der Waals surface area contributed by atoms with Crippen molar-refractivity contribution in [2.45, 2.75) is 19.4 Å². The molecule has 0 bridgehead atoms. The van der Waals surface area contributed by atoms with Gasteiger partial charge in [-0.3, -0.25) is 0 Å². The summed E-state index contributed by atoms with van der Waals surface area (Å²) >= 11 is 11.9. The summed E-state index contributed by atoms with van der Waals surface area (Å²) in [5.74, 6) is 0.717. The highest BCUT2D eigenvalue weighted by Gasteiger charge is 2.26. The van der Waals surface area contributed by atoms with Crippen LogP contribution in [0.25, 0.3) is 0 Å². The second-order valence-electron chi connectivity index (χ2n) is 3.45. The molecule has 0 saturated heterocycles. The molecule has 15 heavy (non-hydrogen) atoms. The standard InChI is InChI=1S/C11H12Cl2O2/c1-2-14-6-8-5-7-3-4-9(12)10(13)11(7)15-8/h3-4,8H,2,5-6H2,1H3. The van der Waals surface area contributed by atoms with Crippen LogP contribution in [0.5, 0.6) is 5.75 Å². The molecule has 0 spiro atoms. The molecule has 0 fully saturated rings. The lowest BCUT2D eigenvalue weighted by atomic mass is 10.1. The zero-order valence-electron chi connectivity index (χ0n) is 8.43. The highest BCUT2D eigenvalue weighted by molar-refractivity contribution is 6.43. The Morgan fingerprint density at radius 3 is 3.00 bits per heavy atom. The quantitative estimate of drug-likeness (QED) is 0.815. The maximum absolute atomic E-state index is 6.04. The van der Waals surface area contributed by atoms with Crippen molar-refractivity contribution in [3.63, 3.8) is 0 Å². The Morgan fingerprint density at radius 2 is 2.27 bits per heavy atom. The maximum Gasteiger partial charge on any atom is 0.143 e. The molecule has 1 atom stereocenters. The Kier molecular flexibility index (Phi) is 3.39. The number of fused-ring (bicyclic) bond motifs is 1. The van der Waals surface area contributed by atoms with E-state index < -0.39 is 0 Å². The SMILES string of the molecule is CCOCC1Cc2ccc(Cl)c(Cl)c2O1. The van der Waals surface area contributed by atoms with Crippen LogP contribution in [0.1, 0.15) is 12.5 Å². The molecule has 1 aliphatic rings. The minimum atomic E-state index is 0.0657. The molecule has 0 radical (unpaired) electrons. The fraction of sp³-hybridized carbons (Fsp3) is 0.455. The molecule has 0 N–H and O–H groups in total. The van der Waals surface area contributed by atoms with Crippen LogP contribution in [0.4, 0.5) is 0 Å². The van der Waals surface area contributed by atoms with E-state index in [0.717, 1.165) is 12.0 Å². The van der Waals surface area contributed by atoms with Crippen molar-refractivity contribution in [1.82, 2.24) is 0 Å². The van der Waals surface area contributed by atoms with Crippen LogP contribution in [-0.4, -0.2) is 19.3 Å². The molecular weight excluding hydrogens is 235 g/mol. The van der Waals surface area contributed by atoms with E-state index in [9.17, 15) is 0 Å². The summed E-state index contributed by atoms with van der Waals surface area (Å²) in [6.45, 7) is 3.26. The zero-order valence-corrected chi connectivity index (χ0v) is 9.94. The average Bonchev–Trinajstić information content (AvgIpc) is 2.64. The van der Waals surface area contributed by atoms with Gasteiger partial charge in [-0.1, -0.05) is 29.3 Å². The largest absolute Gasteiger partial charge is 0.486 e. The Bertz CT molecular complexity index is 366. The molecule has 4 heteroatoms. The lowest BCUT2D eigenvalue weighted by Crippen LogP contribution is -2.20. The van der Waals surface area contributed by atoms with Gasteiger partial charge in [-0.05, 0) is 18.6 Å². The second-order valence-corrected chi connectivity index (χ2v) is 4.24. The number of halogens is 2. The van der Waals surface area contributed by atoms with Crippen molar-refractivity contribution in [2.24, 2.45) is 0 Å². The minimum Gasteiger partial charge on any atom is -0.486 e. The molecule has 82 valence electrons. The summed E-state index contributed by atoms with van der Waals surface area (Å²) < 4.78 is 11.0. The van der Waals surface area contributed by atoms with Crippen LogP contribution in [-0.2, 0) is 11.2 Å². The van der Waals surface area contributed by atoms with E-state index in [1.165, 1.54) is 0 Å². The van der Waals surface area contributed by atoms with Gasteiger partial charge in [0.2, 0.25) is 0 Å². The third-order valence-corrected chi connectivity index (χ3v) is 3.16. The molecule has 1 heterocycles. The molecule has 0 aromatic heterocycles. The molecular formula is C11H12Cl2O2. The molecule has 1 aromatic rings. The first-order valence-corrected chi connectivity index (χ1v) is 5.69. The molecule has 2 nitrogen and oxygen atoms in total. The van der Waals surface area contributed by atoms with Gasteiger partial charge in [-0.25, -0.2) is 0 Å². The van der Waals surface area contributed by atoms with Crippen LogP contribution in [0.2, 0.25) is 10.0 Å². The van der Waals surface area contributed by atoms with Crippen molar-refractivity contribution in [1.29, 1.82) is 0 Å². The summed E-state index contributed by atoms with van der Waals surface area (Å²) in [4.78, 5) is 0. The van der Waals surface area contributed by atoms with Gasteiger partial charge in [0.1, 0.15) is 16.9 Å². The fourth-order valence-corrected chi connectivity index (χ4v) is 2.03. The Morgan fingerprint density at radius 1 is 1.47 bits per heavy atom. The van der Waals surface area contributed by atoms with Gasteiger partial charge in [0.05, 0.1) is 11.6 Å².